The minimum Gasteiger partial charge on any atom is -0.494 e. The molecule has 0 aliphatic carbocycles. The van der Waals surface area contributed by atoms with Gasteiger partial charge in [-0.3, -0.25) is 14.7 Å². The number of hydrogen-bond acceptors (Lipinski definition) is 7. The van der Waals surface area contributed by atoms with Gasteiger partial charge < -0.3 is 4.74 Å². The smallest absolute Gasteiger partial charge is 0.260 e. The summed E-state index contributed by atoms with van der Waals surface area (Å²) >= 11 is 2.98. The molecule has 1 amide bonds. The van der Waals surface area contributed by atoms with Crippen molar-refractivity contribution in [3.63, 3.8) is 0 Å². The zero-order valence-corrected chi connectivity index (χ0v) is 17.6. The number of nitrogens with zero attached hydrogens (tertiary/aromatic N) is 4. The summed E-state index contributed by atoms with van der Waals surface area (Å²) < 4.78 is 7.39. The van der Waals surface area contributed by atoms with Gasteiger partial charge in [-0.15, -0.1) is 11.3 Å². The number of amides is 1. The Morgan fingerprint density at radius 2 is 2.07 bits per heavy atom. The number of hydrogen-bond donors (Lipinski definition) is 0. The van der Waals surface area contributed by atoms with E-state index in [1.54, 1.807) is 29.9 Å². The van der Waals surface area contributed by atoms with Crippen LogP contribution in [0.15, 0.2) is 66.4 Å². The Kier molecular flexibility index (Phi) is 4.86. The number of para-hydroxylation sites is 1. The van der Waals surface area contributed by atoms with Crippen molar-refractivity contribution in [2.24, 2.45) is 0 Å². The minimum atomic E-state index is -0.118. The number of ether oxygens (including phenoxy) is 1. The molecule has 0 saturated heterocycles. The number of methoxy groups -OCH3 is 1. The second-order valence-electron chi connectivity index (χ2n) is 6.59. The summed E-state index contributed by atoms with van der Waals surface area (Å²) in [6.07, 6.45) is 3.48. The molecule has 6 nitrogen and oxygen atoms in total. The number of thiazole rings is 2. The number of benzene rings is 2. The number of anilines is 1. The molecule has 0 unspecified atom stereocenters. The quantitative estimate of drug-likeness (QED) is 0.384. The molecule has 0 bridgehead atoms. The SMILES string of the molecule is COc1cccc2sc(N(Cc3cccnc3)C(=O)c3ccc4ncsc4c3)nc12. The van der Waals surface area contributed by atoms with Crippen LogP contribution in [0.1, 0.15) is 15.9 Å². The Bertz CT molecular complexity index is 1350. The van der Waals surface area contributed by atoms with Crippen LogP contribution in [0.25, 0.3) is 20.4 Å². The van der Waals surface area contributed by atoms with Gasteiger partial charge in [-0.25, -0.2) is 9.97 Å². The summed E-state index contributed by atoms with van der Waals surface area (Å²) in [5, 5.41) is 0.618. The third-order valence-corrected chi connectivity index (χ3v) is 6.54. The van der Waals surface area contributed by atoms with Gasteiger partial charge in [0.2, 0.25) is 0 Å². The van der Waals surface area contributed by atoms with Gasteiger partial charge in [0.15, 0.2) is 5.13 Å². The Balaban J connectivity index is 1.60. The highest BCUT2D eigenvalue weighted by molar-refractivity contribution is 7.22. The summed E-state index contributed by atoms with van der Waals surface area (Å²) in [4.78, 5) is 28.5. The van der Waals surface area contributed by atoms with Crippen LogP contribution in [0.4, 0.5) is 5.13 Å². The average molecular weight is 433 g/mol. The molecule has 0 radical (unpaired) electrons. The lowest BCUT2D eigenvalue weighted by molar-refractivity contribution is 0.0985. The summed E-state index contributed by atoms with van der Waals surface area (Å²) in [6, 6.07) is 15.2. The molecular weight excluding hydrogens is 416 g/mol. The van der Waals surface area contributed by atoms with Crippen molar-refractivity contribution in [2.45, 2.75) is 6.54 Å². The number of aromatic nitrogens is 3. The maximum Gasteiger partial charge on any atom is 0.260 e. The maximum absolute atomic E-state index is 13.6. The summed E-state index contributed by atoms with van der Waals surface area (Å²) in [5.41, 5.74) is 4.95. The molecule has 0 aliphatic heterocycles. The number of carbonyl (C=O) groups is 1. The predicted octanol–water partition coefficient (Wildman–Crippen LogP) is 5.16. The third-order valence-electron chi connectivity index (χ3n) is 4.71. The highest BCUT2D eigenvalue weighted by Crippen LogP contribution is 2.35. The molecular formula is C22H16N4O2S2. The highest BCUT2D eigenvalue weighted by atomic mass is 32.1. The van der Waals surface area contributed by atoms with Crippen LogP contribution in [-0.4, -0.2) is 28.0 Å². The molecule has 3 aromatic heterocycles. The molecule has 0 saturated carbocycles. The van der Waals surface area contributed by atoms with E-state index in [0.717, 1.165) is 26.0 Å². The van der Waals surface area contributed by atoms with Crippen molar-refractivity contribution in [3.8, 4) is 5.75 Å². The normalized spacial score (nSPS) is 11.1. The van der Waals surface area contributed by atoms with E-state index in [1.807, 2.05) is 48.5 Å². The minimum absolute atomic E-state index is 0.118. The van der Waals surface area contributed by atoms with E-state index >= 15 is 0 Å². The molecule has 8 heteroatoms. The summed E-state index contributed by atoms with van der Waals surface area (Å²) in [6.45, 7) is 0.371. The molecule has 0 fully saturated rings. The number of pyridine rings is 1. The van der Waals surface area contributed by atoms with E-state index in [1.165, 1.54) is 22.7 Å². The molecule has 148 valence electrons. The molecule has 0 spiro atoms. The van der Waals surface area contributed by atoms with E-state index in [-0.39, 0.29) is 5.91 Å². The Morgan fingerprint density at radius 3 is 2.90 bits per heavy atom. The Morgan fingerprint density at radius 1 is 1.13 bits per heavy atom. The van der Waals surface area contributed by atoms with Gasteiger partial charge in [0.05, 0.1) is 34.1 Å². The second kappa shape index (κ2) is 7.81. The van der Waals surface area contributed by atoms with Crippen LogP contribution in [0.2, 0.25) is 0 Å². The Labute approximate surface area is 180 Å². The van der Waals surface area contributed by atoms with Crippen LogP contribution in [0.5, 0.6) is 5.75 Å². The fourth-order valence-corrected chi connectivity index (χ4v) is 4.93. The fraction of sp³-hybridized carbons (Fsp3) is 0.0909. The number of carbonyl (C=O) groups excluding carboxylic acids is 1. The fourth-order valence-electron chi connectivity index (χ4n) is 3.24. The lowest BCUT2D eigenvalue weighted by Gasteiger charge is -2.20. The Hall–Kier alpha value is -3.36. The molecule has 0 N–H and O–H groups in total. The van der Waals surface area contributed by atoms with Crippen molar-refractivity contribution in [1.82, 2.24) is 15.0 Å². The van der Waals surface area contributed by atoms with Crippen molar-refractivity contribution < 1.29 is 9.53 Å². The lowest BCUT2D eigenvalue weighted by atomic mass is 10.1. The average Bonchev–Trinajstić information content (AvgIpc) is 3.43. The molecule has 0 aliphatic rings. The van der Waals surface area contributed by atoms with Crippen LogP contribution >= 0.6 is 22.7 Å². The van der Waals surface area contributed by atoms with Gasteiger partial charge in [0, 0.05) is 18.0 Å². The maximum atomic E-state index is 13.6. The van der Waals surface area contributed by atoms with Gasteiger partial charge in [-0.1, -0.05) is 23.5 Å². The zero-order valence-electron chi connectivity index (χ0n) is 16.0. The van der Waals surface area contributed by atoms with Crippen LogP contribution in [-0.2, 0) is 6.54 Å². The first-order chi connectivity index (χ1) is 14.7. The topological polar surface area (TPSA) is 68.2 Å². The van der Waals surface area contributed by atoms with Crippen LogP contribution in [0, 0.1) is 0 Å². The molecule has 0 atom stereocenters. The van der Waals surface area contributed by atoms with E-state index in [2.05, 4.69) is 9.97 Å². The zero-order chi connectivity index (χ0) is 20.5. The first-order valence-corrected chi connectivity index (χ1v) is 10.9. The molecule has 3 heterocycles. The van der Waals surface area contributed by atoms with Crippen molar-refractivity contribution >= 4 is 54.1 Å². The van der Waals surface area contributed by atoms with E-state index in [0.29, 0.717) is 23.0 Å². The van der Waals surface area contributed by atoms with Crippen molar-refractivity contribution in [1.29, 1.82) is 0 Å². The third kappa shape index (κ3) is 3.40. The summed E-state index contributed by atoms with van der Waals surface area (Å²) in [5.74, 6) is 0.571. The first kappa shape index (κ1) is 18.7. The van der Waals surface area contributed by atoms with Crippen LogP contribution in [0.3, 0.4) is 0 Å². The van der Waals surface area contributed by atoms with Crippen molar-refractivity contribution in [3.05, 3.63) is 77.6 Å². The van der Waals surface area contributed by atoms with Gasteiger partial charge in [0.25, 0.3) is 5.91 Å². The molecule has 5 rings (SSSR count). The second-order valence-corrected chi connectivity index (χ2v) is 8.49. The molecule has 2 aromatic carbocycles. The number of fused-ring (bicyclic) bond motifs is 2. The van der Waals surface area contributed by atoms with Crippen molar-refractivity contribution in [2.75, 3.05) is 12.0 Å². The summed E-state index contributed by atoms with van der Waals surface area (Å²) in [7, 11) is 1.62. The van der Waals surface area contributed by atoms with E-state index in [4.69, 9.17) is 9.72 Å². The van der Waals surface area contributed by atoms with E-state index in [9.17, 15) is 4.79 Å². The molecule has 30 heavy (non-hydrogen) atoms. The first-order valence-electron chi connectivity index (χ1n) is 9.20. The largest absolute Gasteiger partial charge is 0.494 e. The van der Waals surface area contributed by atoms with Gasteiger partial charge in [-0.2, -0.15) is 0 Å². The number of rotatable bonds is 5. The van der Waals surface area contributed by atoms with Gasteiger partial charge >= 0.3 is 0 Å². The predicted molar refractivity (Wildman–Crippen MR) is 121 cm³/mol. The van der Waals surface area contributed by atoms with Crippen LogP contribution < -0.4 is 9.64 Å². The standard InChI is InChI=1S/C22H16N4O2S2/c1-28-17-5-2-6-18-20(17)25-22(30-18)26(12-14-4-3-9-23-11-14)21(27)15-7-8-16-19(10-15)29-13-24-16/h2-11,13H,12H2,1H3. The lowest BCUT2D eigenvalue weighted by Crippen LogP contribution is -2.30. The molecule has 5 aromatic rings. The monoisotopic (exact) mass is 432 g/mol. The highest BCUT2D eigenvalue weighted by Gasteiger charge is 2.23. The van der Waals surface area contributed by atoms with Gasteiger partial charge in [-0.05, 0) is 42.0 Å². The van der Waals surface area contributed by atoms with E-state index < -0.39 is 0 Å². The van der Waals surface area contributed by atoms with Gasteiger partial charge in [0.1, 0.15) is 11.3 Å².